The Morgan fingerprint density at radius 1 is 1.13 bits per heavy atom. The van der Waals surface area contributed by atoms with Gasteiger partial charge in [-0.2, -0.15) is 13.2 Å². The standard InChI is InChI=1S/C21H29F3N2O4S/c1-31(28,29)25-18-11-12-26(20(27)13-21(22,23)24)19(18)14-30-17-9-7-16(8-10-17)15-5-3-2-4-6-15/h2-6,16-19,25H,7-14H2,1H3/t16?,17?,18-,19-/m0/s1. The minimum absolute atomic E-state index is 0.0114. The van der Waals surface area contributed by atoms with Crippen LogP contribution in [0.2, 0.25) is 0 Å². The minimum Gasteiger partial charge on any atom is -0.376 e. The van der Waals surface area contributed by atoms with Crippen molar-refractivity contribution in [2.24, 2.45) is 0 Å². The third-order valence-corrected chi connectivity index (χ3v) is 6.76. The first kappa shape index (κ1) is 24.0. The fraction of sp³-hybridized carbons (Fsp3) is 0.667. The summed E-state index contributed by atoms with van der Waals surface area (Å²) in [6.45, 7) is 0.0777. The number of sulfonamides is 1. The molecule has 1 amide bonds. The molecule has 10 heteroatoms. The van der Waals surface area contributed by atoms with E-state index < -0.39 is 40.6 Å². The van der Waals surface area contributed by atoms with Crippen molar-refractivity contribution in [3.8, 4) is 0 Å². The SMILES string of the molecule is CS(=O)(=O)N[C@H]1CCN(C(=O)CC(F)(F)F)[C@H]1COC1CCC(c2ccccc2)CC1. The molecule has 6 nitrogen and oxygen atoms in total. The summed E-state index contributed by atoms with van der Waals surface area (Å²) in [6.07, 6.45) is -1.46. The van der Waals surface area contributed by atoms with E-state index in [0.29, 0.717) is 5.92 Å². The second-order valence-corrected chi connectivity index (χ2v) is 10.2. The molecule has 1 aromatic carbocycles. The van der Waals surface area contributed by atoms with Crippen LogP contribution in [0.25, 0.3) is 0 Å². The molecular weight excluding hydrogens is 433 g/mol. The highest BCUT2D eigenvalue weighted by Gasteiger charge is 2.42. The van der Waals surface area contributed by atoms with Gasteiger partial charge in [0.05, 0.1) is 25.0 Å². The molecule has 0 bridgehead atoms. The van der Waals surface area contributed by atoms with Gasteiger partial charge in [-0.15, -0.1) is 0 Å². The van der Waals surface area contributed by atoms with Gasteiger partial charge in [0.1, 0.15) is 6.42 Å². The van der Waals surface area contributed by atoms with Gasteiger partial charge in [-0.05, 0) is 43.6 Å². The van der Waals surface area contributed by atoms with E-state index in [2.05, 4.69) is 16.9 Å². The first-order chi connectivity index (χ1) is 14.5. The molecule has 3 rings (SSSR count). The molecule has 1 aliphatic carbocycles. The predicted molar refractivity (Wildman–Crippen MR) is 110 cm³/mol. The Bertz CT molecular complexity index is 840. The van der Waals surface area contributed by atoms with Crippen molar-refractivity contribution in [3.05, 3.63) is 35.9 Å². The maximum atomic E-state index is 12.7. The summed E-state index contributed by atoms with van der Waals surface area (Å²) >= 11 is 0. The topological polar surface area (TPSA) is 75.7 Å². The van der Waals surface area contributed by atoms with Crippen molar-refractivity contribution in [2.75, 3.05) is 19.4 Å². The zero-order chi connectivity index (χ0) is 22.6. The molecule has 1 aliphatic heterocycles. The Hall–Kier alpha value is -1.65. The molecule has 2 atom stereocenters. The molecule has 2 aliphatic rings. The second kappa shape index (κ2) is 9.87. The van der Waals surface area contributed by atoms with Gasteiger partial charge in [0.15, 0.2) is 0 Å². The van der Waals surface area contributed by atoms with Crippen molar-refractivity contribution >= 4 is 15.9 Å². The molecule has 0 radical (unpaired) electrons. The smallest absolute Gasteiger partial charge is 0.376 e. The molecule has 2 fully saturated rings. The van der Waals surface area contributed by atoms with Gasteiger partial charge in [-0.25, -0.2) is 13.1 Å². The number of carbonyl (C=O) groups is 1. The lowest BCUT2D eigenvalue weighted by Gasteiger charge is -2.33. The predicted octanol–water partition coefficient (Wildman–Crippen LogP) is 3.20. The van der Waals surface area contributed by atoms with Crippen LogP contribution in [0.1, 0.15) is 50.0 Å². The normalized spacial score (nSPS) is 27.4. The number of nitrogens with one attached hydrogen (secondary N) is 1. The number of amides is 1. The van der Waals surface area contributed by atoms with E-state index in [0.717, 1.165) is 36.8 Å². The molecule has 0 unspecified atom stereocenters. The molecule has 0 spiro atoms. The van der Waals surface area contributed by atoms with Gasteiger partial charge in [0, 0.05) is 12.6 Å². The molecule has 31 heavy (non-hydrogen) atoms. The summed E-state index contributed by atoms with van der Waals surface area (Å²) in [7, 11) is -3.57. The van der Waals surface area contributed by atoms with Gasteiger partial charge in [-0.1, -0.05) is 30.3 Å². The maximum Gasteiger partial charge on any atom is 0.397 e. The Morgan fingerprint density at radius 3 is 2.35 bits per heavy atom. The summed E-state index contributed by atoms with van der Waals surface area (Å²) in [6, 6.07) is 8.81. The summed E-state index contributed by atoms with van der Waals surface area (Å²) in [5.74, 6) is -0.594. The number of carbonyl (C=O) groups excluding carboxylic acids is 1. The fourth-order valence-corrected chi connectivity index (χ4v) is 5.40. The monoisotopic (exact) mass is 462 g/mol. The number of nitrogens with zero attached hydrogens (tertiary/aromatic N) is 1. The Kier molecular flexibility index (Phi) is 7.64. The van der Waals surface area contributed by atoms with Crippen molar-refractivity contribution in [2.45, 2.75) is 68.8 Å². The lowest BCUT2D eigenvalue weighted by Crippen LogP contribution is -2.50. The summed E-state index contributed by atoms with van der Waals surface area (Å²) < 4.78 is 70.0. The van der Waals surface area contributed by atoms with Crippen molar-refractivity contribution in [1.82, 2.24) is 9.62 Å². The number of benzene rings is 1. The Morgan fingerprint density at radius 2 is 1.77 bits per heavy atom. The number of likely N-dealkylation sites (tertiary alicyclic amines) is 1. The van der Waals surface area contributed by atoms with E-state index in [1.807, 2.05) is 18.2 Å². The lowest BCUT2D eigenvalue weighted by atomic mass is 9.83. The average Bonchev–Trinajstić information content (AvgIpc) is 3.07. The van der Waals surface area contributed by atoms with Gasteiger partial charge in [-0.3, -0.25) is 4.79 Å². The number of hydrogen-bond acceptors (Lipinski definition) is 4. The van der Waals surface area contributed by atoms with Crippen LogP contribution in [0, 0.1) is 0 Å². The van der Waals surface area contributed by atoms with Gasteiger partial charge in [0.2, 0.25) is 15.9 Å². The zero-order valence-corrected chi connectivity index (χ0v) is 18.3. The number of rotatable bonds is 7. The minimum atomic E-state index is -4.61. The van der Waals surface area contributed by atoms with E-state index in [9.17, 15) is 26.4 Å². The van der Waals surface area contributed by atoms with E-state index in [1.54, 1.807) is 0 Å². The van der Waals surface area contributed by atoms with Crippen LogP contribution in [0.4, 0.5) is 13.2 Å². The summed E-state index contributed by atoms with van der Waals surface area (Å²) in [5, 5.41) is 0. The van der Waals surface area contributed by atoms with Crippen LogP contribution in [-0.2, 0) is 19.6 Å². The first-order valence-electron chi connectivity index (χ1n) is 10.5. The Balaban J connectivity index is 1.59. The number of hydrogen-bond donors (Lipinski definition) is 1. The van der Waals surface area contributed by atoms with Gasteiger partial charge in [0.25, 0.3) is 0 Å². The first-order valence-corrected chi connectivity index (χ1v) is 12.4. The quantitative estimate of drug-likeness (QED) is 0.675. The molecule has 1 saturated heterocycles. The Labute approximate surface area is 181 Å². The highest BCUT2D eigenvalue weighted by atomic mass is 32.2. The highest BCUT2D eigenvalue weighted by molar-refractivity contribution is 7.88. The van der Waals surface area contributed by atoms with Crippen LogP contribution in [-0.4, -0.2) is 63.0 Å². The largest absolute Gasteiger partial charge is 0.397 e. The van der Waals surface area contributed by atoms with Crippen molar-refractivity contribution in [1.29, 1.82) is 0 Å². The highest BCUT2D eigenvalue weighted by Crippen LogP contribution is 2.34. The zero-order valence-electron chi connectivity index (χ0n) is 17.5. The van der Waals surface area contributed by atoms with E-state index in [-0.39, 0.29) is 25.7 Å². The van der Waals surface area contributed by atoms with E-state index in [4.69, 9.17) is 4.74 Å². The third-order valence-electron chi connectivity index (χ3n) is 6.03. The van der Waals surface area contributed by atoms with Crippen molar-refractivity contribution < 1.29 is 31.1 Å². The van der Waals surface area contributed by atoms with Crippen LogP contribution >= 0.6 is 0 Å². The lowest BCUT2D eigenvalue weighted by molar-refractivity contribution is -0.163. The third kappa shape index (κ3) is 7.18. The van der Waals surface area contributed by atoms with Gasteiger partial charge >= 0.3 is 6.18 Å². The van der Waals surface area contributed by atoms with Gasteiger partial charge < -0.3 is 9.64 Å². The number of alkyl halides is 3. The molecule has 1 N–H and O–H groups in total. The molecule has 0 aromatic heterocycles. The van der Waals surface area contributed by atoms with Crippen LogP contribution in [0.3, 0.4) is 0 Å². The summed E-state index contributed by atoms with van der Waals surface area (Å²) in [4.78, 5) is 13.3. The molecule has 174 valence electrons. The van der Waals surface area contributed by atoms with Crippen molar-refractivity contribution in [3.63, 3.8) is 0 Å². The summed E-state index contributed by atoms with van der Waals surface area (Å²) in [5.41, 5.74) is 1.29. The second-order valence-electron chi connectivity index (χ2n) is 8.45. The molecule has 1 saturated carbocycles. The fourth-order valence-electron chi connectivity index (χ4n) is 4.58. The molecule has 1 aromatic rings. The average molecular weight is 463 g/mol. The van der Waals surface area contributed by atoms with E-state index in [1.165, 1.54) is 5.56 Å². The number of halogens is 3. The van der Waals surface area contributed by atoms with Crippen LogP contribution in [0.5, 0.6) is 0 Å². The number of ether oxygens (including phenoxy) is 1. The molecule has 1 heterocycles. The molecular formula is C21H29F3N2O4S. The van der Waals surface area contributed by atoms with Crippen LogP contribution < -0.4 is 4.72 Å². The van der Waals surface area contributed by atoms with E-state index >= 15 is 0 Å². The maximum absolute atomic E-state index is 12.7. The van der Waals surface area contributed by atoms with Crippen LogP contribution in [0.15, 0.2) is 30.3 Å².